The predicted octanol–water partition coefficient (Wildman–Crippen LogP) is 1.88. The fourth-order valence-corrected chi connectivity index (χ4v) is 6.76. The Kier molecular flexibility index (Phi) is 5.20. The summed E-state index contributed by atoms with van der Waals surface area (Å²) >= 11 is 0. The number of hydrogen-bond acceptors (Lipinski definition) is 6. The standard InChI is InChI=1S/C18H22N2O6S2/c1-5-27(21,22)18(28(23,24)6-2)17-19-11-7-9-13(25-3)16-14(26-4)10-8-12(20-17)15(11)16/h7-10,19-20H,5-6H2,1-4H3. The molecule has 152 valence electrons. The smallest absolute Gasteiger partial charge is 0.199 e. The molecule has 2 N–H and O–H groups in total. The van der Waals surface area contributed by atoms with Crippen LogP contribution < -0.4 is 15.0 Å². The van der Waals surface area contributed by atoms with Crippen molar-refractivity contribution < 1.29 is 26.3 Å². The molecule has 8 nitrogen and oxygen atoms in total. The molecular weight excluding hydrogens is 404 g/mol. The van der Waals surface area contributed by atoms with Crippen LogP contribution in [0.1, 0.15) is 13.8 Å². The Bertz CT molecular complexity index is 1240. The minimum atomic E-state index is -4.01. The summed E-state index contributed by atoms with van der Waals surface area (Å²) in [5.74, 6) is 0.497. The zero-order valence-corrected chi connectivity index (χ0v) is 17.6. The van der Waals surface area contributed by atoms with Crippen LogP contribution in [0.15, 0.2) is 24.3 Å². The topological polar surface area (TPSA) is 118 Å². The summed E-state index contributed by atoms with van der Waals surface area (Å²) in [7, 11) is -4.94. The van der Waals surface area contributed by atoms with Crippen LogP contribution in [0.25, 0.3) is 26.0 Å². The van der Waals surface area contributed by atoms with E-state index >= 15 is 0 Å². The van der Waals surface area contributed by atoms with Crippen LogP contribution in [0.3, 0.4) is 0 Å². The number of hydrogen-bond donors (Lipinski definition) is 2. The molecule has 0 unspecified atom stereocenters. The highest BCUT2D eigenvalue weighted by molar-refractivity contribution is 8.22. The molecule has 0 spiro atoms. The lowest BCUT2D eigenvalue weighted by Crippen LogP contribution is -2.28. The summed E-state index contributed by atoms with van der Waals surface area (Å²) < 4.78 is 60.6. The molecule has 3 rings (SSSR count). The molecule has 28 heavy (non-hydrogen) atoms. The van der Waals surface area contributed by atoms with Crippen LogP contribution in [-0.2, 0) is 19.7 Å². The molecule has 0 aliphatic heterocycles. The van der Waals surface area contributed by atoms with Crippen molar-refractivity contribution in [1.29, 1.82) is 0 Å². The minimum absolute atomic E-state index is 0.0761. The monoisotopic (exact) mass is 426 g/mol. The molecular formula is C18H22N2O6S2. The van der Waals surface area contributed by atoms with E-state index in [2.05, 4.69) is 9.97 Å². The zero-order valence-electron chi connectivity index (χ0n) is 16.0. The Labute approximate surface area is 163 Å². The van der Waals surface area contributed by atoms with E-state index < -0.39 is 23.9 Å². The van der Waals surface area contributed by atoms with Gasteiger partial charge in [0.2, 0.25) is 0 Å². The van der Waals surface area contributed by atoms with E-state index in [9.17, 15) is 16.8 Å². The van der Waals surface area contributed by atoms with Crippen molar-refractivity contribution in [1.82, 2.24) is 9.97 Å². The number of methoxy groups -OCH3 is 2. The van der Waals surface area contributed by atoms with E-state index in [1.807, 2.05) is 0 Å². The summed E-state index contributed by atoms with van der Waals surface area (Å²) in [5, 5.41) is 1.40. The quantitative estimate of drug-likeness (QED) is 0.621. The third-order valence-corrected chi connectivity index (χ3v) is 9.15. The van der Waals surface area contributed by atoms with Gasteiger partial charge in [-0.2, -0.15) is 0 Å². The average molecular weight is 427 g/mol. The highest BCUT2D eigenvalue weighted by atomic mass is 32.3. The van der Waals surface area contributed by atoms with Crippen LogP contribution in [0.2, 0.25) is 0 Å². The van der Waals surface area contributed by atoms with Gasteiger partial charge in [0, 0.05) is 5.39 Å². The minimum Gasteiger partial charge on any atom is -0.496 e. The number of benzene rings is 2. The van der Waals surface area contributed by atoms with Crippen molar-refractivity contribution in [3.63, 3.8) is 0 Å². The molecule has 0 saturated heterocycles. The number of nitrogens with one attached hydrogen (secondary N) is 2. The third kappa shape index (κ3) is 3.16. The van der Waals surface area contributed by atoms with Crippen molar-refractivity contribution in [2.24, 2.45) is 0 Å². The maximum atomic E-state index is 12.6. The Balaban J connectivity index is 2.60. The maximum absolute atomic E-state index is 12.6. The largest absolute Gasteiger partial charge is 0.496 e. The van der Waals surface area contributed by atoms with E-state index in [4.69, 9.17) is 9.47 Å². The molecule has 0 saturated carbocycles. The van der Waals surface area contributed by atoms with Gasteiger partial charge in [-0.15, -0.1) is 0 Å². The van der Waals surface area contributed by atoms with Crippen molar-refractivity contribution in [2.75, 3.05) is 25.7 Å². The van der Waals surface area contributed by atoms with Gasteiger partial charge in [0.15, 0.2) is 23.9 Å². The van der Waals surface area contributed by atoms with E-state index in [0.717, 1.165) is 0 Å². The highest BCUT2D eigenvalue weighted by Crippen LogP contribution is 2.37. The molecule has 0 amide bonds. The first-order valence-corrected chi connectivity index (χ1v) is 11.9. The summed E-state index contributed by atoms with van der Waals surface area (Å²) in [5.41, 5.74) is 1.02. The van der Waals surface area contributed by atoms with Gasteiger partial charge >= 0.3 is 0 Å². The molecule has 10 heteroatoms. The van der Waals surface area contributed by atoms with Gasteiger partial charge in [0.1, 0.15) is 17.0 Å². The van der Waals surface area contributed by atoms with Crippen LogP contribution >= 0.6 is 0 Å². The Morgan fingerprint density at radius 2 is 1.21 bits per heavy atom. The zero-order chi connectivity index (χ0) is 20.7. The van der Waals surface area contributed by atoms with Crippen LogP contribution in [0.4, 0.5) is 0 Å². The second kappa shape index (κ2) is 7.17. The van der Waals surface area contributed by atoms with E-state index in [1.54, 1.807) is 24.3 Å². The van der Waals surface area contributed by atoms with Gasteiger partial charge in [-0.05, 0) is 24.3 Å². The van der Waals surface area contributed by atoms with Crippen LogP contribution in [-0.4, -0.2) is 52.5 Å². The molecule has 0 radical (unpaired) electrons. The van der Waals surface area contributed by atoms with Gasteiger partial charge in [-0.1, -0.05) is 13.8 Å². The Hall–Kier alpha value is -2.46. The summed E-state index contributed by atoms with van der Waals surface area (Å²) in [4.78, 5) is 5.89. The van der Waals surface area contributed by atoms with E-state index in [-0.39, 0.29) is 17.0 Å². The van der Waals surface area contributed by atoms with Gasteiger partial charge < -0.3 is 19.4 Å². The first kappa shape index (κ1) is 20.3. The first-order valence-electron chi connectivity index (χ1n) is 8.61. The molecule has 1 heterocycles. The van der Waals surface area contributed by atoms with E-state index in [1.165, 1.54) is 28.1 Å². The maximum Gasteiger partial charge on any atom is 0.199 e. The van der Waals surface area contributed by atoms with Crippen molar-refractivity contribution in [2.45, 2.75) is 13.8 Å². The Morgan fingerprint density at radius 1 is 0.786 bits per heavy atom. The lowest BCUT2D eigenvalue weighted by Gasteiger charge is -2.14. The second-order valence-corrected chi connectivity index (χ2v) is 10.8. The molecule has 1 aromatic heterocycles. The molecule has 3 aromatic rings. The highest BCUT2D eigenvalue weighted by Gasteiger charge is 2.30. The summed E-state index contributed by atoms with van der Waals surface area (Å²) in [6.45, 7) is 2.82. The number of aromatic nitrogens is 2. The lowest BCUT2D eigenvalue weighted by molar-refractivity contribution is 0.405. The third-order valence-electron chi connectivity index (χ3n) is 4.57. The first-order chi connectivity index (χ1) is 13.2. The fraction of sp³-hybridized carbons (Fsp3) is 0.333. The van der Waals surface area contributed by atoms with Gasteiger partial charge in [-0.3, -0.25) is 0 Å². The Morgan fingerprint density at radius 3 is 1.57 bits per heavy atom. The van der Waals surface area contributed by atoms with Crippen LogP contribution in [0.5, 0.6) is 11.5 Å². The molecule has 2 aromatic carbocycles. The number of ether oxygens (including phenoxy) is 2. The van der Waals surface area contributed by atoms with E-state index in [0.29, 0.717) is 33.3 Å². The fourth-order valence-electron chi connectivity index (χ4n) is 3.15. The van der Waals surface area contributed by atoms with Crippen LogP contribution in [0, 0.1) is 0 Å². The number of H-pyrrole nitrogens is 2. The van der Waals surface area contributed by atoms with Gasteiger partial charge in [0.05, 0.1) is 42.1 Å². The second-order valence-electron chi connectivity index (χ2n) is 6.10. The van der Waals surface area contributed by atoms with Crippen molar-refractivity contribution in [3.8, 4) is 11.5 Å². The van der Waals surface area contributed by atoms with Crippen molar-refractivity contribution >= 4 is 45.7 Å². The molecule has 0 aliphatic carbocycles. The normalized spacial score (nSPS) is 12.4. The average Bonchev–Trinajstić information content (AvgIpc) is 2.68. The van der Waals surface area contributed by atoms with Gasteiger partial charge in [-0.25, -0.2) is 16.8 Å². The van der Waals surface area contributed by atoms with Crippen molar-refractivity contribution in [3.05, 3.63) is 29.7 Å². The molecule has 0 atom stereocenters. The number of rotatable bonds is 6. The molecule has 0 fully saturated rings. The molecule has 0 aliphatic rings. The molecule has 0 bridgehead atoms. The van der Waals surface area contributed by atoms with Gasteiger partial charge in [0.25, 0.3) is 0 Å². The summed E-state index contributed by atoms with van der Waals surface area (Å²) in [6, 6.07) is 6.84. The SMILES string of the molecule is CCS(=O)(=O)C(=c1[nH]c2ccc(OC)c3c(OC)ccc([nH]1)c23)S(=O)(=O)CC. The predicted molar refractivity (Wildman–Crippen MR) is 110 cm³/mol. The lowest BCUT2D eigenvalue weighted by atomic mass is 10.1. The number of aromatic amines is 2. The number of sulfone groups is 2. The summed E-state index contributed by atoms with van der Waals surface area (Å²) in [6.07, 6.45) is 0.